The summed E-state index contributed by atoms with van der Waals surface area (Å²) in [6.07, 6.45) is -1.58. The van der Waals surface area contributed by atoms with Crippen LogP contribution in [0.1, 0.15) is 37.8 Å². The van der Waals surface area contributed by atoms with Gasteiger partial charge in [0.05, 0.1) is 36.2 Å². The highest BCUT2D eigenvalue weighted by Crippen LogP contribution is 2.40. The van der Waals surface area contributed by atoms with Crippen molar-refractivity contribution in [2.45, 2.75) is 45.0 Å². The molecule has 13 nitrogen and oxygen atoms in total. The van der Waals surface area contributed by atoms with Crippen LogP contribution in [0.5, 0.6) is 0 Å². The van der Waals surface area contributed by atoms with E-state index in [0.29, 0.717) is 5.70 Å². The fourth-order valence-corrected chi connectivity index (χ4v) is 6.13. The van der Waals surface area contributed by atoms with Crippen LogP contribution in [0.2, 0.25) is 0 Å². The number of nitro groups is 1. The summed E-state index contributed by atoms with van der Waals surface area (Å²) < 4.78 is 44.1. The van der Waals surface area contributed by atoms with Crippen LogP contribution < -0.4 is 10.0 Å². The number of carbonyl (C=O) groups is 3. The molecule has 0 amide bonds. The number of hydrogen-bond donors (Lipinski definition) is 2. The topological polar surface area (TPSA) is 180 Å². The predicted octanol–water partition coefficient (Wildman–Crippen LogP) is 3.23. The van der Waals surface area contributed by atoms with Crippen molar-refractivity contribution in [3.05, 3.63) is 92.3 Å². The second-order valence-corrected chi connectivity index (χ2v) is 11.3. The number of ether oxygens (including phenoxy) is 3. The number of aryl methyl sites for hydroxylation is 1. The first-order valence-corrected chi connectivity index (χ1v) is 14.1. The largest absolute Gasteiger partial charge is 0.468 e. The summed E-state index contributed by atoms with van der Waals surface area (Å²) >= 11 is 0. The van der Waals surface area contributed by atoms with E-state index in [0.717, 1.165) is 19.8 Å². The van der Waals surface area contributed by atoms with Crippen LogP contribution in [-0.4, -0.2) is 56.8 Å². The third-order valence-corrected chi connectivity index (χ3v) is 8.36. The molecule has 3 rings (SSSR count). The van der Waals surface area contributed by atoms with Crippen molar-refractivity contribution in [1.29, 1.82) is 0 Å². The van der Waals surface area contributed by atoms with Crippen molar-refractivity contribution in [2.24, 2.45) is 0 Å². The van der Waals surface area contributed by atoms with Gasteiger partial charge in [0, 0.05) is 29.2 Å². The number of esters is 3. The Morgan fingerprint density at radius 3 is 2.10 bits per heavy atom. The van der Waals surface area contributed by atoms with Gasteiger partial charge in [-0.3, -0.25) is 19.6 Å². The molecule has 2 aromatic carbocycles. The van der Waals surface area contributed by atoms with E-state index in [1.807, 2.05) is 6.92 Å². The molecule has 0 bridgehead atoms. The zero-order valence-corrected chi connectivity index (χ0v) is 24.6. The van der Waals surface area contributed by atoms with Crippen LogP contribution >= 0.6 is 0 Å². The molecule has 0 aromatic heterocycles. The molecule has 0 aliphatic carbocycles. The van der Waals surface area contributed by atoms with Crippen molar-refractivity contribution in [3.63, 3.8) is 0 Å². The van der Waals surface area contributed by atoms with Crippen LogP contribution in [0, 0.1) is 17.0 Å². The zero-order chi connectivity index (χ0) is 31.4. The minimum Gasteiger partial charge on any atom is -0.468 e. The molecule has 0 spiro atoms. The number of rotatable bonds is 10. The molecule has 1 unspecified atom stereocenters. The maximum Gasteiger partial charge on any atom is 0.337 e. The number of methoxy groups -OCH3 is 2. The van der Waals surface area contributed by atoms with Gasteiger partial charge in [-0.15, -0.1) is 0 Å². The fourth-order valence-electron chi connectivity index (χ4n) is 4.63. The summed E-state index contributed by atoms with van der Waals surface area (Å²) in [6.45, 7) is 6.12. The van der Waals surface area contributed by atoms with Crippen LogP contribution in [0.3, 0.4) is 0 Å². The molecule has 3 atom stereocenters. The molecule has 2 aromatic rings. The Hall–Kier alpha value is -4.72. The van der Waals surface area contributed by atoms with E-state index in [2.05, 4.69) is 10.0 Å². The Labute approximate surface area is 242 Å². The van der Waals surface area contributed by atoms with Gasteiger partial charge in [-0.25, -0.2) is 18.0 Å². The van der Waals surface area contributed by atoms with Gasteiger partial charge in [0.15, 0.2) is 0 Å². The average Bonchev–Trinajstić information content (AvgIpc) is 2.93. The number of carbonyl (C=O) groups excluding carboxylic acids is 3. The Morgan fingerprint density at radius 2 is 1.55 bits per heavy atom. The lowest BCUT2D eigenvalue weighted by atomic mass is 9.80. The number of anilines is 1. The van der Waals surface area contributed by atoms with Gasteiger partial charge in [0.25, 0.3) is 5.69 Å². The van der Waals surface area contributed by atoms with Crippen LogP contribution in [-0.2, 0) is 38.6 Å². The van der Waals surface area contributed by atoms with Gasteiger partial charge in [-0.2, -0.15) is 0 Å². The maximum absolute atomic E-state index is 13.7. The van der Waals surface area contributed by atoms with E-state index in [9.17, 15) is 32.9 Å². The van der Waals surface area contributed by atoms with E-state index in [-0.39, 0.29) is 33.8 Å². The van der Waals surface area contributed by atoms with Gasteiger partial charge < -0.3 is 19.5 Å². The van der Waals surface area contributed by atoms with E-state index in [4.69, 9.17) is 14.2 Å². The summed E-state index contributed by atoms with van der Waals surface area (Å²) in [5.41, 5.74) is 1.40. The number of benzene rings is 2. The Balaban J connectivity index is 2.04. The van der Waals surface area contributed by atoms with Crippen molar-refractivity contribution >= 4 is 39.3 Å². The minimum absolute atomic E-state index is 0.0126. The van der Waals surface area contributed by atoms with Gasteiger partial charge in [-0.1, -0.05) is 29.8 Å². The number of nitro benzene ring substituents is 1. The van der Waals surface area contributed by atoms with E-state index >= 15 is 0 Å². The molecule has 0 fully saturated rings. The predicted molar refractivity (Wildman–Crippen MR) is 151 cm³/mol. The van der Waals surface area contributed by atoms with E-state index in [1.54, 1.807) is 19.1 Å². The molecule has 0 saturated heterocycles. The number of non-ortho nitro benzene ring substituents is 1. The van der Waals surface area contributed by atoms with Crippen LogP contribution in [0.4, 0.5) is 11.4 Å². The van der Waals surface area contributed by atoms with E-state index < -0.39 is 50.1 Å². The quantitative estimate of drug-likeness (QED) is 0.177. The molecule has 42 heavy (non-hydrogen) atoms. The second kappa shape index (κ2) is 12.9. The Kier molecular flexibility index (Phi) is 9.73. The van der Waals surface area contributed by atoms with Crippen LogP contribution in [0.25, 0.3) is 0 Å². The van der Waals surface area contributed by atoms with Crippen molar-refractivity contribution < 1.29 is 41.9 Å². The summed E-state index contributed by atoms with van der Waals surface area (Å²) in [5.74, 6) is -4.24. The number of hydrogen-bond acceptors (Lipinski definition) is 11. The standard InChI is InChI=1S/C28H31N3O10S/c1-15-10-12-20(13-11-15)30-42(37,38)25(28(34)40-6)18(4)41-27(33)23-17(3)29-16(2)22(26(32)39-5)24(23)19-8-7-9-21(14-19)31(35)36/h7-14,18,24-25,29-30H,1-6H3/t18-,24?,25+/m1/s1. The third-order valence-electron chi connectivity index (χ3n) is 6.60. The average molecular weight is 602 g/mol. The molecular formula is C28H31N3O10S. The molecule has 0 radical (unpaired) electrons. The number of allylic oxidation sites excluding steroid dienone is 2. The smallest absolute Gasteiger partial charge is 0.337 e. The molecule has 224 valence electrons. The highest BCUT2D eigenvalue weighted by Gasteiger charge is 2.44. The SMILES string of the molecule is COC(=O)C1=C(C)NC(C)=C(C(=O)O[C@H](C)[C@@H](C(=O)OC)S(=O)(=O)Nc2ccc(C)cc2)C1c1cccc([N+](=O)[O-])c1. The molecule has 0 saturated carbocycles. The highest BCUT2D eigenvalue weighted by molar-refractivity contribution is 7.94. The number of nitrogens with zero attached hydrogens (tertiary/aromatic N) is 1. The van der Waals surface area contributed by atoms with Crippen LogP contribution in [0.15, 0.2) is 71.1 Å². The Morgan fingerprint density at radius 1 is 0.952 bits per heavy atom. The monoisotopic (exact) mass is 601 g/mol. The number of nitrogens with one attached hydrogen (secondary N) is 2. The lowest BCUT2D eigenvalue weighted by molar-refractivity contribution is -0.384. The van der Waals surface area contributed by atoms with Gasteiger partial charge in [0.2, 0.25) is 15.3 Å². The normalized spacial score (nSPS) is 16.6. The molecule has 2 N–H and O–H groups in total. The van der Waals surface area contributed by atoms with Gasteiger partial charge in [-0.05, 0) is 45.4 Å². The third kappa shape index (κ3) is 6.77. The second-order valence-electron chi connectivity index (χ2n) is 9.55. The maximum atomic E-state index is 13.7. The number of dihydropyridines is 1. The summed E-state index contributed by atoms with van der Waals surface area (Å²) in [6, 6.07) is 11.7. The van der Waals surface area contributed by atoms with Crippen molar-refractivity contribution in [2.75, 3.05) is 18.9 Å². The molecule has 14 heteroatoms. The number of sulfonamides is 1. The summed E-state index contributed by atoms with van der Waals surface area (Å²) in [4.78, 5) is 50.1. The lowest BCUT2D eigenvalue weighted by Crippen LogP contribution is -2.46. The molecule has 1 heterocycles. The summed E-state index contributed by atoms with van der Waals surface area (Å²) in [5, 5.41) is 12.4. The van der Waals surface area contributed by atoms with Gasteiger partial charge in [0.1, 0.15) is 6.10 Å². The van der Waals surface area contributed by atoms with E-state index in [1.165, 1.54) is 50.2 Å². The van der Waals surface area contributed by atoms with Crippen molar-refractivity contribution in [3.8, 4) is 0 Å². The summed E-state index contributed by atoms with van der Waals surface area (Å²) in [7, 11) is -2.36. The molecule has 1 aliphatic heterocycles. The molecule has 1 aliphatic rings. The molecular weight excluding hydrogens is 570 g/mol. The lowest BCUT2D eigenvalue weighted by Gasteiger charge is -2.31. The first-order chi connectivity index (χ1) is 19.7. The van der Waals surface area contributed by atoms with Crippen molar-refractivity contribution in [1.82, 2.24) is 5.32 Å². The first-order valence-electron chi connectivity index (χ1n) is 12.6. The highest BCUT2D eigenvalue weighted by atomic mass is 32.2. The fraction of sp³-hybridized carbons (Fsp3) is 0.321. The Bertz CT molecular complexity index is 1580. The first kappa shape index (κ1) is 31.8. The van der Waals surface area contributed by atoms with Gasteiger partial charge >= 0.3 is 17.9 Å². The zero-order valence-electron chi connectivity index (χ0n) is 23.8. The minimum atomic E-state index is -4.50.